The topological polar surface area (TPSA) is 86.8 Å². The molecule has 2 bridgehead atoms. The second-order valence-electron chi connectivity index (χ2n) is 9.74. The van der Waals surface area contributed by atoms with Gasteiger partial charge >= 0.3 is 12.0 Å². The first-order chi connectivity index (χ1) is 18.4. The monoisotopic (exact) mass is 522 g/mol. The summed E-state index contributed by atoms with van der Waals surface area (Å²) in [6.45, 7) is 1.07. The van der Waals surface area contributed by atoms with E-state index in [2.05, 4.69) is 0 Å². The number of benzene rings is 2. The van der Waals surface area contributed by atoms with Gasteiger partial charge in [-0.2, -0.15) is 0 Å². The van der Waals surface area contributed by atoms with Gasteiger partial charge in [-0.25, -0.2) is 9.59 Å². The summed E-state index contributed by atoms with van der Waals surface area (Å²) in [5.41, 5.74) is 4.52. The summed E-state index contributed by atoms with van der Waals surface area (Å²) in [5, 5.41) is 0. The molecule has 2 aromatic carbocycles. The summed E-state index contributed by atoms with van der Waals surface area (Å²) < 4.78 is 27.1. The second-order valence-corrected chi connectivity index (χ2v) is 9.74. The molecule has 5 rings (SSSR count). The Bertz CT molecular complexity index is 1290. The minimum absolute atomic E-state index is 0.00389. The van der Waals surface area contributed by atoms with Crippen molar-refractivity contribution >= 4 is 17.6 Å². The van der Waals surface area contributed by atoms with E-state index in [1.165, 1.54) is 7.11 Å². The fourth-order valence-corrected chi connectivity index (χ4v) is 6.08. The molecule has 0 N–H and O–H groups in total. The number of ether oxygens (including phenoxy) is 5. The minimum atomic E-state index is -0.404. The number of hydrogen-bond acceptors (Lipinski definition) is 7. The van der Waals surface area contributed by atoms with Crippen molar-refractivity contribution < 1.29 is 33.3 Å². The molecule has 0 aliphatic carbocycles. The van der Waals surface area contributed by atoms with Gasteiger partial charge in [0, 0.05) is 19.1 Å². The van der Waals surface area contributed by atoms with Gasteiger partial charge in [-0.15, -0.1) is 0 Å². The van der Waals surface area contributed by atoms with Gasteiger partial charge in [-0.05, 0) is 72.2 Å². The Morgan fingerprint density at radius 2 is 1.47 bits per heavy atom. The Kier molecular flexibility index (Phi) is 7.10. The predicted octanol–water partition coefficient (Wildman–Crippen LogP) is 4.06. The van der Waals surface area contributed by atoms with Gasteiger partial charge in [0.05, 0.1) is 47.2 Å². The Morgan fingerprint density at radius 3 is 2.13 bits per heavy atom. The Morgan fingerprint density at radius 1 is 0.816 bits per heavy atom. The van der Waals surface area contributed by atoms with Crippen LogP contribution in [0.15, 0.2) is 35.9 Å². The molecule has 38 heavy (non-hydrogen) atoms. The zero-order valence-corrected chi connectivity index (χ0v) is 22.5. The van der Waals surface area contributed by atoms with Crippen LogP contribution in [0.1, 0.15) is 36.0 Å². The maximum absolute atomic E-state index is 14.0. The molecule has 0 aromatic heterocycles. The predicted molar refractivity (Wildman–Crippen MR) is 141 cm³/mol. The molecule has 0 spiro atoms. The molecule has 2 unspecified atom stereocenters. The minimum Gasteiger partial charge on any atom is -0.493 e. The molecular weight excluding hydrogens is 488 g/mol. The molecule has 1 saturated heterocycles. The first-order valence-corrected chi connectivity index (χ1v) is 12.8. The van der Waals surface area contributed by atoms with Crippen molar-refractivity contribution in [3.05, 3.63) is 52.6 Å². The molecule has 9 nitrogen and oxygen atoms in total. The van der Waals surface area contributed by atoms with Gasteiger partial charge in [-0.1, -0.05) is 6.07 Å². The second kappa shape index (κ2) is 10.5. The van der Waals surface area contributed by atoms with Crippen LogP contribution >= 0.6 is 0 Å². The van der Waals surface area contributed by atoms with E-state index >= 15 is 0 Å². The van der Waals surface area contributed by atoms with Crippen molar-refractivity contribution in [2.45, 2.75) is 44.3 Å². The molecule has 2 atom stereocenters. The lowest BCUT2D eigenvalue weighted by molar-refractivity contribution is -0.136. The lowest BCUT2D eigenvalue weighted by Gasteiger charge is -2.41. The van der Waals surface area contributed by atoms with Crippen LogP contribution < -0.4 is 18.9 Å². The van der Waals surface area contributed by atoms with Gasteiger partial charge < -0.3 is 33.5 Å². The molecule has 1 fully saturated rings. The van der Waals surface area contributed by atoms with Gasteiger partial charge in [0.1, 0.15) is 0 Å². The number of carbonyl (C=O) groups is 2. The van der Waals surface area contributed by atoms with Crippen molar-refractivity contribution in [2.75, 3.05) is 42.1 Å². The molecule has 0 saturated carbocycles. The van der Waals surface area contributed by atoms with Crippen LogP contribution in [0.2, 0.25) is 0 Å². The molecule has 3 heterocycles. The van der Waals surface area contributed by atoms with E-state index < -0.39 is 5.97 Å². The molecule has 0 radical (unpaired) electrons. The highest BCUT2D eigenvalue weighted by molar-refractivity contribution is 6.01. The number of esters is 1. The molecule has 202 valence electrons. The van der Waals surface area contributed by atoms with E-state index in [0.29, 0.717) is 54.5 Å². The number of rotatable bonds is 6. The highest BCUT2D eigenvalue weighted by atomic mass is 16.5. The Labute approximate surface area is 222 Å². The SMILES string of the molecule is COC(=O)C1=C(c2ccc(OC)c(OC)c2)CC2CCC1N2C(=O)N1CCc2cc(OC)c(OC)cc2C1. The third-order valence-electron chi connectivity index (χ3n) is 7.95. The van der Waals surface area contributed by atoms with E-state index in [1.807, 2.05) is 40.1 Å². The standard InChI is InChI=1S/C29H34N2O7/c1-34-23-9-6-18(13-24(23)35-2)21-15-20-7-8-22(27(21)28(32)38-5)31(20)29(33)30-11-10-17-12-25(36-3)26(37-4)14-19(17)16-30/h6,9,12-14,20,22H,7-8,10-11,15-16H2,1-5H3. The molecule has 2 aromatic rings. The maximum Gasteiger partial charge on any atom is 0.336 e. The van der Waals surface area contributed by atoms with Crippen molar-refractivity contribution in [2.24, 2.45) is 0 Å². The number of carbonyl (C=O) groups excluding carboxylic acids is 2. The van der Waals surface area contributed by atoms with Crippen LogP contribution in [0.4, 0.5) is 4.79 Å². The molecule has 2 amide bonds. The average Bonchev–Trinajstić information content (AvgIpc) is 3.27. The average molecular weight is 523 g/mol. The fourth-order valence-electron chi connectivity index (χ4n) is 6.08. The third kappa shape index (κ3) is 4.29. The normalized spacial score (nSPS) is 20.1. The van der Waals surface area contributed by atoms with Crippen molar-refractivity contribution in [1.29, 1.82) is 0 Å². The summed E-state index contributed by atoms with van der Waals surface area (Å²) in [6, 6.07) is 9.20. The number of amides is 2. The van der Waals surface area contributed by atoms with Gasteiger partial charge in [0.15, 0.2) is 23.0 Å². The van der Waals surface area contributed by atoms with Crippen molar-refractivity contribution in [3.8, 4) is 23.0 Å². The molecule has 9 heteroatoms. The highest BCUT2D eigenvalue weighted by Crippen LogP contribution is 2.45. The third-order valence-corrected chi connectivity index (χ3v) is 7.95. The molecule has 3 aliphatic heterocycles. The highest BCUT2D eigenvalue weighted by Gasteiger charge is 2.48. The first kappa shape index (κ1) is 25.8. The van der Waals surface area contributed by atoms with Crippen LogP contribution in [-0.2, 0) is 22.5 Å². The maximum atomic E-state index is 14.0. The summed E-state index contributed by atoms with van der Waals surface area (Å²) in [6.07, 6.45) is 2.83. The molecule has 3 aliphatic rings. The van der Waals surface area contributed by atoms with Crippen molar-refractivity contribution in [3.63, 3.8) is 0 Å². The van der Waals surface area contributed by atoms with Crippen LogP contribution in [0, 0.1) is 0 Å². The zero-order valence-electron chi connectivity index (χ0n) is 22.5. The lowest BCUT2D eigenvalue weighted by atomic mass is 9.88. The Balaban J connectivity index is 1.47. The van der Waals surface area contributed by atoms with E-state index in [4.69, 9.17) is 23.7 Å². The number of methoxy groups -OCH3 is 5. The van der Waals surface area contributed by atoms with Gasteiger partial charge in [0.2, 0.25) is 0 Å². The first-order valence-electron chi connectivity index (χ1n) is 12.8. The van der Waals surface area contributed by atoms with Crippen LogP contribution in [0.5, 0.6) is 23.0 Å². The number of nitrogens with zero attached hydrogens (tertiary/aromatic N) is 2. The van der Waals surface area contributed by atoms with Gasteiger partial charge in [0.25, 0.3) is 0 Å². The number of fused-ring (bicyclic) bond motifs is 3. The van der Waals surface area contributed by atoms with E-state index in [1.54, 1.807) is 28.4 Å². The van der Waals surface area contributed by atoms with Crippen LogP contribution in [-0.4, -0.2) is 76.0 Å². The van der Waals surface area contributed by atoms with E-state index in [0.717, 1.165) is 35.1 Å². The van der Waals surface area contributed by atoms with Crippen LogP contribution in [0.3, 0.4) is 0 Å². The van der Waals surface area contributed by atoms with E-state index in [-0.39, 0.29) is 18.1 Å². The molecular formula is C29H34N2O7. The zero-order chi connectivity index (χ0) is 27.0. The van der Waals surface area contributed by atoms with Gasteiger partial charge in [-0.3, -0.25) is 0 Å². The summed E-state index contributed by atoms with van der Waals surface area (Å²) >= 11 is 0. The summed E-state index contributed by atoms with van der Waals surface area (Å²) in [5.74, 6) is 2.14. The summed E-state index contributed by atoms with van der Waals surface area (Å²) in [7, 11) is 7.80. The lowest BCUT2D eigenvalue weighted by Crippen LogP contribution is -2.53. The Hall–Kier alpha value is -3.88. The number of hydrogen-bond donors (Lipinski definition) is 0. The largest absolute Gasteiger partial charge is 0.493 e. The fraction of sp³-hybridized carbons (Fsp3) is 0.448. The smallest absolute Gasteiger partial charge is 0.336 e. The number of urea groups is 1. The van der Waals surface area contributed by atoms with E-state index in [9.17, 15) is 9.59 Å². The van der Waals surface area contributed by atoms with Crippen LogP contribution in [0.25, 0.3) is 5.57 Å². The summed E-state index contributed by atoms with van der Waals surface area (Å²) in [4.78, 5) is 30.9. The van der Waals surface area contributed by atoms with Crippen molar-refractivity contribution in [1.82, 2.24) is 9.80 Å². The quantitative estimate of drug-likeness (QED) is 0.529.